The molecule has 0 atom stereocenters. The van der Waals surface area contributed by atoms with Crippen molar-refractivity contribution in [3.8, 4) is 0 Å². The van der Waals surface area contributed by atoms with Gasteiger partial charge in [-0.05, 0) is 20.8 Å². The molecule has 1 aliphatic rings. The van der Waals surface area contributed by atoms with Gasteiger partial charge in [-0.25, -0.2) is 4.79 Å². The molecule has 0 radical (unpaired) electrons. The van der Waals surface area contributed by atoms with E-state index >= 15 is 0 Å². The first-order valence-electron chi connectivity index (χ1n) is 5.81. The Morgan fingerprint density at radius 1 is 1.44 bits per heavy atom. The van der Waals surface area contributed by atoms with Crippen LogP contribution in [0.15, 0.2) is 0 Å². The summed E-state index contributed by atoms with van der Waals surface area (Å²) in [6, 6.07) is 0. The van der Waals surface area contributed by atoms with E-state index in [-0.39, 0.29) is 18.7 Å². The number of hydrogen-bond donors (Lipinski definition) is 2. The lowest BCUT2D eigenvalue weighted by atomic mass is 10.1. The van der Waals surface area contributed by atoms with E-state index in [9.17, 15) is 14.4 Å². The standard InChI is InChI=1S/C11H19N3O4/c1-11(2,3)13-10(17)18-7-6-14-5-4-12-8(15)9(14)16/h4-7H2,1-3H3,(H,12,15)(H,13,17). The van der Waals surface area contributed by atoms with Crippen LogP contribution in [-0.2, 0) is 14.3 Å². The fraction of sp³-hybridized carbons (Fsp3) is 0.727. The summed E-state index contributed by atoms with van der Waals surface area (Å²) < 4.78 is 4.93. The lowest BCUT2D eigenvalue weighted by Gasteiger charge is -2.26. The topological polar surface area (TPSA) is 87.7 Å². The van der Waals surface area contributed by atoms with Gasteiger partial charge in [0.25, 0.3) is 0 Å². The van der Waals surface area contributed by atoms with Crippen molar-refractivity contribution in [3.05, 3.63) is 0 Å². The van der Waals surface area contributed by atoms with Crippen molar-refractivity contribution in [1.82, 2.24) is 15.5 Å². The maximum Gasteiger partial charge on any atom is 0.407 e. The third-order valence-electron chi connectivity index (χ3n) is 2.22. The number of hydrogen-bond acceptors (Lipinski definition) is 4. The molecule has 0 spiro atoms. The van der Waals surface area contributed by atoms with Crippen molar-refractivity contribution in [2.24, 2.45) is 0 Å². The fourth-order valence-corrected chi connectivity index (χ4v) is 1.43. The number of alkyl carbamates (subject to hydrolysis) is 1. The average molecular weight is 257 g/mol. The Kier molecular flexibility index (Phi) is 4.52. The van der Waals surface area contributed by atoms with Gasteiger partial charge < -0.3 is 20.3 Å². The van der Waals surface area contributed by atoms with Gasteiger partial charge >= 0.3 is 17.9 Å². The molecule has 0 aromatic rings. The molecule has 2 N–H and O–H groups in total. The van der Waals surface area contributed by atoms with Crippen molar-refractivity contribution < 1.29 is 19.1 Å². The minimum Gasteiger partial charge on any atom is -0.448 e. The molecule has 1 aliphatic heterocycles. The summed E-state index contributed by atoms with van der Waals surface area (Å²) in [5.74, 6) is -1.19. The van der Waals surface area contributed by atoms with Crippen LogP contribution in [0.25, 0.3) is 0 Å². The number of carbonyl (C=O) groups excluding carboxylic acids is 3. The van der Waals surface area contributed by atoms with Crippen LogP contribution in [0.2, 0.25) is 0 Å². The summed E-state index contributed by atoms with van der Waals surface area (Å²) in [5.41, 5.74) is -0.363. The van der Waals surface area contributed by atoms with Gasteiger partial charge in [0.15, 0.2) is 0 Å². The van der Waals surface area contributed by atoms with Gasteiger partial charge in [0.2, 0.25) is 0 Å². The van der Waals surface area contributed by atoms with Gasteiger partial charge in [-0.15, -0.1) is 0 Å². The molecule has 3 amide bonds. The van der Waals surface area contributed by atoms with Crippen LogP contribution >= 0.6 is 0 Å². The van der Waals surface area contributed by atoms with E-state index in [1.807, 2.05) is 20.8 Å². The molecule has 1 fully saturated rings. The zero-order valence-corrected chi connectivity index (χ0v) is 10.9. The largest absolute Gasteiger partial charge is 0.448 e. The lowest BCUT2D eigenvalue weighted by Crippen LogP contribution is -2.53. The third kappa shape index (κ3) is 4.60. The van der Waals surface area contributed by atoms with Crippen LogP contribution in [-0.4, -0.2) is 54.6 Å². The minimum atomic E-state index is -0.611. The first kappa shape index (κ1) is 14.3. The summed E-state index contributed by atoms with van der Waals surface area (Å²) >= 11 is 0. The molecule has 7 nitrogen and oxygen atoms in total. The second-order valence-electron chi connectivity index (χ2n) is 5.06. The van der Waals surface area contributed by atoms with Gasteiger partial charge in [0.05, 0.1) is 6.54 Å². The SMILES string of the molecule is CC(C)(C)NC(=O)OCCN1CCNC(=O)C1=O. The van der Waals surface area contributed by atoms with Crippen LogP contribution in [0.3, 0.4) is 0 Å². The molecule has 0 aromatic carbocycles. The first-order valence-corrected chi connectivity index (χ1v) is 5.81. The van der Waals surface area contributed by atoms with E-state index in [0.717, 1.165) is 0 Å². The minimum absolute atomic E-state index is 0.0704. The molecule has 7 heteroatoms. The Morgan fingerprint density at radius 3 is 2.72 bits per heavy atom. The average Bonchev–Trinajstić information content (AvgIpc) is 2.21. The molecule has 102 valence electrons. The van der Waals surface area contributed by atoms with E-state index in [0.29, 0.717) is 13.1 Å². The lowest BCUT2D eigenvalue weighted by molar-refractivity contribution is -0.148. The second-order valence-corrected chi connectivity index (χ2v) is 5.06. The number of nitrogens with zero attached hydrogens (tertiary/aromatic N) is 1. The second kappa shape index (κ2) is 5.70. The molecular weight excluding hydrogens is 238 g/mol. The number of nitrogens with one attached hydrogen (secondary N) is 2. The predicted molar refractivity (Wildman–Crippen MR) is 63.8 cm³/mol. The smallest absolute Gasteiger partial charge is 0.407 e. The molecule has 0 aliphatic carbocycles. The van der Waals surface area contributed by atoms with Crippen molar-refractivity contribution in [2.75, 3.05) is 26.2 Å². The van der Waals surface area contributed by atoms with Crippen LogP contribution in [0.5, 0.6) is 0 Å². The first-order chi connectivity index (χ1) is 8.29. The van der Waals surface area contributed by atoms with Crippen molar-refractivity contribution >= 4 is 17.9 Å². The Bertz CT molecular complexity index is 349. The summed E-state index contributed by atoms with van der Waals surface area (Å²) in [6.45, 7) is 6.69. The molecule has 0 bridgehead atoms. The highest BCUT2D eigenvalue weighted by molar-refractivity contribution is 6.35. The molecule has 1 heterocycles. The Morgan fingerprint density at radius 2 is 2.11 bits per heavy atom. The van der Waals surface area contributed by atoms with Gasteiger partial charge in [-0.3, -0.25) is 9.59 Å². The molecule has 1 saturated heterocycles. The number of amides is 3. The molecule has 0 aromatic heterocycles. The highest BCUT2D eigenvalue weighted by Gasteiger charge is 2.25. The Balaban J connectivity index is 2.27. The van der Waals surface area contributed by atoms with Gasteiger partial charge in [0, 0.05) is 18.6 Å². The normalized spacial score (nSPS) is 16.3. The Hall–Kier alpha value is -1.79. The van der Waals surface area contributed by atoms with Gasteiger partial charge in [-0.2, -0.15) is 0 Å². The molecular formula is C11H19N3O4. The van der Waals surface area contributed by atoms with E-state index in [4.69, 9.17) is 4.74 Å². The highest BCUT2D eigenvalue weighted by Crippen LogP contribution is 2.00. The van der Waals surface area contributed by atoms with Crippen molar-refractivity contribution in [3.63, 3.8) is 0 Å². The van der Waals surface area contributed by atoms with Crippen LogP contribution < -0.4 is 10.6 Å². The summed E-state index contributed by atoms with van der Waals surface area (Å²) in [5, 5.41) is 5.07. The number of piperazine rings is 1. The zero-order valence-electron chi connectivity index (χ0n) is 10.9. The molecule has 1 rings (SSSR count). The highest BCUT2D eigenvalue weighted by atomic mass is 16.5. The quantitative estimate of drug-likeness (QED) is 0.665. The fourth-order valence-electron chi connectivity index (χ4n) is 1.43. The summed E-state index contributed by atoms with van der Waals surface area (Å²) in [4.78, 5) is 35.1. The van der Waals surface area contributed by atoms with E-state index < -0.39 is 17.9 Å². The molecule has 0 unspecified atom stereocenters. The van der Waals surface area contributed by atoms with Crippen LogP contribution in [0, 0.1) is 0 Å². The van der Waals surface area contributed by atoms with Crippen LogP contribution in [0.4, 0.5) is 4.79 Å². The number of carbonyl (C=O) groups is 3. The van der Waals surface area contributed by atoms with Crippen molar-refractivity contribution in [2.45, 2.75) is 26.3 Å². The van der Waals surface area contributed by atoms with Gasteiger partial charge in [0.1, 0.15) is 6.61 Å². The maximum atomic E-state index is 11.4. The molecule has 18 heavy (non-hydrogen) atoms. The van der Waals surface area contributed by atoms with Gasteiger partial charge in [-0.1, -0.05) is 0 Å². The summed E-state index contributed by atoms with van der Waals surface area (Å²) in [7, 11) is 0. The molecule has 0 saturated carbocycles. The summed E-state index contributed by atoms with van der Waals surface area (Å²) in [6.07, 6.45) is -0.531. The van der Waals surface area contributed by atoms with E-state index in [1.165, 1.54) is 4.90 Å². The van der Waals surface area contributed by atoms with Crippen molar-refractivity contribution in [1.29, 1.82) is 0 Å². The maximum absolute atomic E-state index is 11.4. The zero-order chi connectivity index (χ0) is 13.8. The van der Waals surface area contributed by atoms with E-state index in [2.05, 4.69) is 10.6 Å². The number of rotatable bonds is 3. The monoisotopic (exact) mass is 257 g/mol. The van der Waals surface area contributed by atoms with Crippen LogP contribution in [0.1, 0.15) is 20.8 Å². The number of ether oxygens (including phenoxy) is 1. The van der Waals surface area contributed by atoms with E-state index in [1.54, 1.807) is 0 Å². The Labute approximate surface area is 106 Å². The third-order valence-corrected chi connectivity index (χ3v) is 2.22. The predicted octanol–water partition coefficient (Wildman–Crippen LogP) is -0.530.